The van der Waals surface area contributed by atoms with Crippen molar-refractivity contribution in [1.82, 2.24) is 14.9 Å². The molecule has 2 heterocycles. The number of amides is 1. The summed E-state index contributed by atoms with van der Waals surface area (Å²) in [5.41, 5.74) is 4.03. The number of hydrogen-bond donors (Lipinski definition) is 2. The maximum Gasteiger partial charge on any atom is 0.240 e. The van der Waals surface area contributed by atoms with Crippen molar-refractivity contribution in [3.63, 3.8) is 0 Å². The van der Waals surface area contributed by atoms with E-state index >= 15 is 0 Å². The van der Waals surface area contributed by atoms with Gasteiger partial charge in [0.1, 0.15) is 22.7 Å². The summed E-state index contributed by atoms with van der Waals surface area (Å²) in [5, 5.41) is 10.6. The molecule has 1 aliphatic rings. The van der Waals surface area contributed by atoms with Gasteiger partial charge < -0.3 is 10.7 Å². The van der Waals surface area contributed by atoms with Gasteiger partial charge in [-0.3, -0.25) is 4.79 Å². The number of anilines is 1. The highest BCUT2D eigenvalue weighted by Gasteiger charge is 2.37. The highest BCUT2D eigenvalue weighted by atomic mass is 32.2. The molecule has 0 spiro atoms. The van der Waals surface area contributed by atoms with Gasteiger partial charge in [0, 0.05) is 0 Å². The third-order valence-corrected chi connectivity index (χ3v) is 5.43. The van der Waals surface area contributed by atoms with E-state index in [2.05, 4.69) is 20.9 Å². The summed E-state index contributed by atoms with van der Waals surface area (Å²) in [6.07, 6.45) is 0. The minimum absolute atomic E-state index is 0.101. The van der Waals surface area contributed by atoms with Crippen LogP contribution in [0.4, 0.5) is 14.5 Å². The Morgan fingerprint density at radius 3 is 2.63 bits per heavy atom. The van der Waals surface area contributed by atoms with Gasteiger partial charge in [-0.15, -0.1) is 10.2 Å². The van der Waals surface area contributed by atoms with Gasteiger partial charge in [-0.1, -0.05) is 36.0 Å². The summed E-state index contributed by atoms with van der Waals surface area (Å²) in [6.45, 7) is 1.78. The largest absolute Gasteiger partial charge is 0.323 e. The van der Waals surface area contributed by atoms with Crippen molar-refractivity contribution >= 4 is 23.4 Å². The van der Waals surface area contributed by atoms with E-state index in [-0.39, 0.29) is 17.4 Å². The first-order chi connectivity index (χ1) is 13.0. The summed E-state index contributed by atoms with van der Waals surface area (Å²) in [6, 6.07) is 11.4. The number of fused-ring (bicyclic) bond motifs is 1. The smallest absolute Gasteiger partial charge is 0.240 e. The van der Waals surface area contributed by atoms with E-state index < -0.39 is 17.1 Å². The Morgan fingerprint density at radius 1 is 1.15 bits per heavy atom. The maximum atomic E-state index is 13.9. The second-order valence-electron chi connectivity index (χ2n) is 6.03. The molecule has 0 saturated carbocycles. The Hall–Kier alpha value is -2.94. The second kappa shape index (κ2) is 6.99. The first-order valence-corrected chi connectivity index (χ1v) is 9.07. The molecular formula is C18H15F2N5OS. The summed E-state index contributed by atoms with van der Waals surface area (Å²) in [5.74, 6) is -0.635. The number of carbonyl (C=O) groups is 1. The van der Waals surface area contributed by atoms with Crippen LogP contribution in [-0.2, 0) is 4.79 Å². The molecule has 3 aromatic rings. The SMILES string of the molecule is Cc1nnc2n1NC(c1ccc(F)cc1)C(C(=O)Nc1ccccc1F)S2. The molecule has 2 unspecified atom stereocenters. The zero-order valence-electron chi connectivity index (χ0n) is 14.2. The minimum Gasteiger partial charge on any atom is -0.323 e. The number of thioether (sulfide) groups is 1. The van der Waals surface area contributed by atoms with Crippen LogP contribution in [0.25, 0.3) is 0 Å². The van der Waals surface area contributed by atoms with Crippen LogP contribution in [0.1, 0.15) is 17.4 Å². The van der Waals surface area contributed by atoms with E-state index in [4.69, 9.17) is 0 Å². The Kier molecular flexibility index (Phi) is 4.53. The molecule has 2 atom stereocenters. The van der Waals surface area contributed by atoms with E-state index in [1.54, 1.807) is 35.9 Å². The number of nitrogens with one attached hydrogen (secondary N) is 2. The van der Waals surface area contributed by atoms with Crippen molar-refractivity contribution in [3.05, 3.63) is 71.6 Å². The Labute approximate surface area is 158 Å². The molecule has 0 bridgehead atoms. The Bertz CT molecular complexity index is 992. The van der Waals surface area contributed by atoms with Gasteiger partial charge in [-0.2, -0.15) is 0 Å². The van der Waals surface area contributed by atoms with E-state index in [1.165, 1.54) is 36.0 Å². The van der Waals surface area contributed by atoms with Crippen molar-refractivity contribution in [2.24, 2.45) is 0 Å². The fourth-order valence-corrected chi connectivity index (χ4v) is 3.97. The van der Waals surface area contributed by atoms with Crippen LogP contribution in [0.2, 0.25) is 0 Å². The maximum absolute atomic E-state index is 13.9. The molecule has 6 nitrogen and oxygen atoms in total. The molecule has 0 radical (unpaired) electrons. The van der Waals surface area contributed by atoms with Gasteiger partial charge in [-0.05, 0) is 36.8 Å². The molecule has 1 aliphatic heterocycles. The normalized spacial score (nSPS) is 18.5. The predicted molar refractivity (Wildman–Crippen MR) is 97.9 cm³/mol. The van der Waals surface area contributed by atoms with Gasteiger partial charge in [0.2, 0.25) is 11.1 Å². The lowest BCUT2D eigenvalue weighted by Gasteiger charge is -2.32. The molecular weight excluding hydrogens is 372 g/mol. The molecule has 4 rings (SSSR count). The van der Waals surface area contributed by atoms with Crippen LogP contribution in [0.15, 0.2) is 53.7 Å². The third kappa shape index (κ3) is 3.37. The molecule has 1 amide bonds. The quantitative estimate of drug-likeness (QED) is 0.722. The molecule has 0 saturated heterocycles. The first kappa shape index (κ1) is 17.5. The fraction of sp³-hybridized carbons (Fsp3) is 0.167. The average Bonchev–Trinajstić information content (AvgIpc) is 3.03. The highest BCUT2D eigenvalue weighted by Crippen LogP contribution is 2.37. The summed E-state index contributed by atoms with van der Waals surface area (Å²) in [4.78, 5) is 12.9. The van der Waals surface area contributed by atoms with Crippen LogP contribution in [0, 0.1) is 18.6 Å². The van der Waals surface area contributed by atoms with Gasteiger partial charge in [0.15, 0.2) is 0 Å². The number of carbonyl (C=O) groups excluding carboxylic acids is 1. The summed E-state index contributed by atoms with van der Waals surface area (Å²) in [7, 11) is 0. The highest BCUT2D eigenvalue weighted by molar-refractivity contribution is 8.00. The lowest BCUT2D eigenvalue weighted by molar-refractivity contribution is -0.116. The van der Waals surface area contributed by atoms with Crippen molar-refractivity contribution in [1.29, 1.82) is 0 Å². The predicted octanol–water partition coefficient (Wildman–Crippen LogP) is 3.26. The third-order valence-electron chi connectivity index (χ3n) is 4.22. The van der Waals surface area contributed by atoms with E-state index in [0.717, 1.165) is 5.56 Å². The van der Waals surface area contributed by atoms with Gasteiger partial charge in [-0.25, -0.2) is 13.5 Å². The van der Waals surface area contributed by atoms with E-state index in [1.807, 2.05) is 0 Å². The molecule has 0 fully saturated rings. The van der Waals surface area contributed by atoms with Crippen molar-refractivity contribution < 1.29 is 13.6 Å². The zero-order valence-corrected chi connectivity index (χ0v) is 15.0. The lowest BCUT2D eigenvalue weighted by Crippen LogP contribution is -2.41. The van der Waals surface area contributed by atoms with Gasteiger partial charge in [0.25, 0.3) is 0 Å². The molecule has 27 heavy (non-hydrogen) atoms. The molecule has 2 aromatic carbocycles. The molecule has 9 heteroatoms. The standard InChI is InChI=1S/C18H15F2N5OS/c1-10-22-23-18-25(10)24-15(11-6-8-12(19)9-7-11)16(27-18)17(26)21-14-5-3-2-4-13(14)20/h2-9,15-16,24H,1H3,(H,21,26). The van der Waals surface area contributed by atoms with Crippen LogP contribution >= 0.6 is 11.8 Å². The van der Waals surface area contributed by atoms with E-state index in [9.17, 15) is 13.6 Å². The fourth-order valence-electron chi connectivity index (χ4n) is 2.85. The van der Waals surface area contributed by atoms with Crippen molar-refractivity contribution in [2.75, 3.05) is 10.7 Å². The summed E-state index contributed by atoms with van der Waals surface area (Å²) < 4.78 is 28.9. The number of aromatic nitrogens is 3. The number of benzene rings is 2. The lowest BCUT2D eigenvalue weighted by atomic mass is 10.0. The van der Waals surface area contributed by atoms with Gasteiger partial charge >= 0.3 is 0 Å². The van der Waals surface area contributed by atoms with Crippen molar-refractivity contribution in [3.8, 4) is 0 Å². The van der Waals surface area contributed by atoms with Crippen LogP contribution in [0.5, 0.6) is 0 Å². The average molecular weight is 387 g/mol. The minimum atomic E-state index is -0.661. The Balaban J connectivity index is 1.68. The first-order valence-electron chi connectivity index (χ1n) is 8.19. The van der Waals surface area contributed by atoms with E-state index in [0.29, 0.717) is 11.0 Å². The summed E-state index contributed by atoms with van der Waals surface area (Å²) >= 11 is 1.22. The van der Waals surface area contributed by atoms with Crippen LogP contribution < -0.4 is 10.7 Å². The van der Waals surface area contributed by atoms with Gasteiger partial charge in [0.05, 0.1) is 11.7 Å². The topological polar surface area (TPSA) is 71.8 Å². The number of rotatable bonds is 3. The number of para-hydroxylation sites is 1. The van der Waals surface area contributed by atoms with Crippen molar-refractivity contribution in [2.45, 2.75) is 23.4 Å². The Morgan fingerprint density at radius 2 is 1.89 bits per heavy atom. The van der Waals surface area contributed by atoms with Crippen LogP contribution in [0.3, 0.4) is 0 Å². The number of aryl methyl sites for hydroxylation is 1. The zero-order chi connectivity index (χ0) is 19.0. The number of halogens is 2. The second-order valence-corrected chi connectivity index (χ2v) is 7.14. The number of hydrogen-bond acceptors (Lipinski definition) is 5. The molecule has 0 aliphatic carbocycles. The molecule has 2 N–H and O–H groups in total. The number of nitrogens with zero attached hydrogens (tertiary/aromatic N) is 3. The van der Waals surface area contributed by atoms with Crippen LogP contribution in [-0.4, -0.2) is 26.0 Å². The monoisotopic (exact) mass is 387 g/mol. The molecule has 138 valence electrons. The molecule has 1 aromatic heterocycles.